The lowest BCUT2D eigenvalue weighted by Crippen LogP contribution is -2.45. The maximum Gasteiger partial charge on any atom is 0.325 e. The van der Waals surface area contributed by atoms with E-state index in [0.717, 1.165) is 45.3 Å². The highest BCUT2D eigenvalue weighted by molar-refractivity contribution is 6.39. The van der Waals surface area contributed by atoms with Crippen molar-refractivity contribution in [2.24, 2.45) is 0 Å². The number of rotatable bonds is 5. The minimum absolute atomic E-state index is 0.188. The molecule has 10 heteroatoms. The van der Waals surface area contributed by atoms with E-state index in [9.17, 15) is 19.2 Å². The summed E-state index contributed by atoms with van der Waals surface area (Å²) in [6.07, 6.45) is 1.78. The summed E-state index contributed by atoms with van der Waals surface area (Å²) in [5, 5.41) is 4.66. The summed E-state index contributed by atoms with van der Waals surface area (Å²) in [6.45, 7) is 5.29. The average Bonchev–Trinajstić information content (AvgIpc) is 2.55. The number of amides is 2. The Kier molecular flexibility index (Phi) is 6.27. The van der Waals surface area contributed by atoms with E-state index in [-0.39, 0.29) is 5.69 Å². The van der Waals surface area contributed by atoms with Gasteiger partial charge >= 0.3 is 17.5 Å². The Morgan fingerprint density at radius 1 is 1.17 bits per heavy atom. The van der Waals surface area contributed by atoms with Crippen LogP contribution in [0.4, 0.5) is 5.69 Å². The number of aromatic amines is 2. The summed E-state index contributed by atoms with van der Waals surface area (Å²) in [6, 6.07) is 0. The van der Waals surface area contributed by atoms with E-state index in [4.69, 9.17) is 0 Å². The highest BCUT2D eigenvalue weighted by atomic mass is 16.2. The number of anilines is 1. The minimum Gasteiger partial charge on any atom is -0.348 e. The molecule has 1 saturated heterocycles. The standard InChI is InChI=1S/C14H22N6O4/c1-19-5-7-20(8-6-19)4-2-3-15-12(22)13(23)17-10-9-16-14(24)18-11(10)21/h9H,2-8H2,1H3,(H,15,22)(H,17,23)(H2,16,18,21,24). The van der Waals surface area contributed by atoms with Crippen LogP contribution in [0.5, 0.6) is 0 Å². The summed E-state index contributed by atoms with van der Waals surface area (Å²) < 4.78 is 0. The van der Waals surface area contributed by atoms with Gasteiger partial charge in [-0.3, -0.25) is 19.4 Å². The third-order valence-electron chi connectivity index (χ3n) is 3.81. The maximum absolute atomic E-state index is 11.7. The van der Waals surface area contributed by atoms with Gasteiger partial charge in [0.05, 0.1) is 0 Å². The molecule has 0 radical (unpaired) electrons. The SMILES string of the molecule is CN1CCN(CCCNC(=O)C(=O)Nc2c[nH]c(=O)[nH]c2=O)CC1. The zero-order valence-electron chi connectivity index (χ0n) is 13.6. The molecule has 2 amide bonds. The second-order valence-corrected chi connectivity index (χ2v) is 5.69. The van der Waals surface area contributed by atoms with Crippen LogP contribution in [0, 0.1) is 0 Å². The van der Waals surface area contributed by atoms with Crippen LogP contribution in [0.3, 0.4) is 0 Å². The topological polar surface area (TPSA) is 130 Å². The van der Waals surface area contributed by atoms with E-state index in [1.807, 2.05) is 4.98 Å². The van der Waals surface area contributed by atoms with Gasteiger partial charge in [0.15, 0.2) is 0 Å². The first-order chi connectivity index (χ1) is 11.5. The van der Waals surface area contributed by atoms with E-state index in [1.54, 1.807) is 0 Å². The number of H-pyrrole nitrogens is 2. The Hall–Kier alpha value is -2.46. The molecule has 0 aromatic carbocycles. The minimum atomic E-state index is -0.952. The van der Waals surface area contributed by atoms with Gasteiger partial charge in [-0.15, -0.1) is 0 Å². The molecule has 0 aliphatic carbocycles. The molecule has 1 aliphatic heterocycles. The second kappa shape index (κ2) is 8.41. The average molecular weight is 338 g/mol. The zero-order valence-corrected chi connectivity index (χ0v) is 13.6. The highest BCUT2D eigenvalue weighted by Crippen LogP contribution is 1.99. The van der Waals surface area contributed by atoms with E-state index in [0.29, 0.717) is 6.54 Å². The van der Waals surface area contributed by atoms with Crippen molar-refractivity contribution in [3.8, 4) is 0 Å². The number of hydrogen-bond acceptors (Lipinski definition) is 6. The molecule has 0 spiro atoms. The van der Waals surface area contributed by atoms with Crippen LogP contribution in [-0.2, 0) is 9.59 Å². The van der Waals surface area contributed by atoms with Gasteiger partial charge in [0.25, 0.3) is 5.56 Å². The number of piperazine rings is 1. The largest absolute Gasteiger partial charge is 0.348 e. The third kappa shape index (κ3) is 5.32. The second-order valence-electron chi connectivity index (χ2n) is 5.69. The van der Waals surface area contributed by atoms with Crippen LogP contribution < -0.4 is 21.9 Å². The quantitative estimate of drug-likeness (QED) is 0.355. The van der Waals surface area contributed by atoms with Gasteiger partial charge in [0, 0.05) is 38.9 Å². The van der Waals surface area contributed by atoms with Gasteiger partial charge in [-0.05, 0) is 20.0 Å². The van der Waals surface area contributed by atoms with Crippen molar-refractivity contribution in [3.63, 3.8) is 0 Å². The van der Waals surface area contributed by atoms with Crippen molar-refractivity contribution >= 4 is 17.5 Å². The van der Waals surface area contributed by atoms with Crippen LogP contribution >= 0.6 is 0 Å². The number of aromatic nitrogens is 2. The molecule has 1 aromatic heterocycles. The van der Waals surface area contributed by atoms with Gasteiger partial charge in [0.1, 0.15) is 5.69 Å². The Balaban J connectivity index is 1.69. The van der Waals surface area contributed by atoms with E-state index >= 15 is 0 Å². The lowest BCUT2D eigenvalue weighted by Gasteiger charge is -2.32. The number of hydrogen-bond donors (Lipinski definition) is 4. The van der Waals surface area contributed by atoms with Crippen molar-refractivity contribution < 1.29 is 9.59 Å². The molecule has 1 aliphatic rings. The molecule has 1 fully saturated rings. The van der Waals surface area contributed by atoms with Crippen molar-refractivity contribution in [3.05, 3.63) is 27.0 Å². The molecule has 1 aromatic rings. The predicted molar refractivity (Wildman–Crippen MR) is 87.9 cm³/mol. The Bertz CT molecular complexity index is 689. The predicted octanol–water partition coefficient (Wildman–Crippen LogP) is -2.24. The van der Waals surface area contributed by atoms with Crippen molar-refractivity contribution in [1.82, 2.24) is 25.1 Å². The third-order valence-corrected chi connectivity index (χ3v) is 3.81. The smallest absolute Gasteiger partial charge is 0.325 e. The number of nitrogens with zero attached hydrogens (tertiary/aromatic N) is 2. The molecule has 4 N–H and O–H groups in total. The van der Waals surface area contributed by atoms with Crippen molar-refractivity contribution in [2.75, 3.05) is 51.6 Å². The number of nitrogens with one attached hydrogen (secondary N) is 4. The van der Waals surface area contributed by atoms with E-state index in [1.165, 1.54) is 0 Å². The van der Waals surface area contributed by atoms with Gasteiger partial charge in [-0.2, -0.15) is 0 Å². The number of carbonyl (C=O) groups excluding carboxylic acids is 2. The lowest BCUT2D eigenvalue weighted by molar-refractivity contribution is -0.136. The summed E-state index contributed by atoms with van der Waals surface area (Å²) in [5.74, 6) is -1.77. The Morgan fingerprint density at radius 2 is 1.88 bits per heavy atom. The van der Waals surface area contributed by atoms with Crippen LogP contribution in [0.2, 0.25) is 0 Å². The normalized spacial score (nSPS) is 15.9. The molecular formula is C14H22N6O4. The summed E-state index contributed by atoms with van der Waals surface area (Å²) >= 11 is 0. The van der Waals surface area contributed by atoms with Gasteiger partial charge < -0.3 is 25.4 Å². The molecule has 0 unspecified atom stereocenters. The van der Waals surface area contributed by atoms with Crippen molar-refractivity contribution in [2.45, 2.75) is 6.42 Å². The molecule has 0 saturated carbocycles. The van der Waals surface area contributed by atoms with Crippen LogP contribution in [0.15, 0.2) is 15.8 Å². The van der Waals surface area contributed by atoms with Crippen LogP contribution in [0.1, 0.15) is 6.42 Å². The zero-order chi connectivity index (χ0) is 17.5. The monoisotopic (exact) mass is 338 g/mol. The first kappa shape index (κ1) is 17.9. The van der Waals surface area contributed by atoms with E-state index in [2.05, 4.69) is 32.5 Å². The summed E-state index contributed by atoms with van der Waals surface area (Å²) in [7, 11) is 2.09. The van der Waals surface area contributed by atoms with Gasteiger partial charge in [0.2, 0.25) is 0 Å². The molecule has 2 rings (SSSR count). The molecule has 0 bridgehead atoms. The van der Waals surface area contributed by atoms with Crippen LogP contribution in [0.25, 0.3) is 0 Å². The first-order valence-corrected chi connectivity index (χ1v) is 7.78. The highest BCUT2D eigenvalue weighted by Gasteiger charge is 2.16. The summed E-state index contributed by atoms with van der Waals surface area (Å²) in [5.41, 5.74) is -1.64. The Labute approximate surface area is 138 Å². The van der Waals surface area contributed by atoms with Gasteiger partial charge in [-0.25, -0.2) is 4.79 Å². The molecule has 10 nitrogen and oxygen atoms in total. The van der Waals surface area contributed by atoms with Crippen molar-refractivity contribution in [1.29, 1.82) is 0 Å². The fourth-order valence-electron chi connectivity index (χ4n) is 2.34. The lowest BCUT2D eigenvalue weighted by atomic mass is 10.3. The number of carbonyl (C=O) groups is 2. The van der Waals surface area contributed by atoms with E-state index < -0.39 is 23.1 Å². The molecule has 132 valence electrons. The number of likely N-dealkylation sites (N-methyl/N-ethyl adjacent to an activating group) is 1. The fraction of sp³-hybridized carbons (Fsp3) is 0.571. The molecule has 2 heterocycles. The molecule has 0 atom stereocenters. The first-order valence-electron chi connectivity index (χ1n) is 7.78. The fourth-order valence-corrected chi connectivity index (χ4v) is 2.34. The van der Waals surface area contributed by atoms with Crippen LogP contribution in [-0.4, -0.2) is 77.9 Å². The molecular weight excluding hydrogens is 316 g/mol. The Morgan fingerprint density at radius 3 is 2.54 bits per heavy atom. The maximum atomic E-state index is 11.7. The van der Waals surface area contributed by atoms with Gasteiger partial charge in [-0.1, -0.05) is 0 Å². The molecule has 24 heavy (non-hydrogen) atoms. The summed E-state index contributed by atoms with van der Waals surface area (Å²) in [4.78, 5) is 54.4.